The van der Waals surface area contributed by atoms with E-state index in [1.165, 1.54) is 10.5 Å². The number of pyridine rings is 1. The molecule has 0 bridgehead atoms. The molecule has 1 heterocycles. The Bertz CT molecular complexity index is 443. The molecule has 16 heavy (non-hydrogen) atoms. The zero-order valence-corrected chi connectivity index (χ0v) is 9.78. The highest BCUT2D eigenvalue weighted by Crippen LogP contribution is 2.28. The third-order valence-corrected chi connectivity index (χ3v) is 3.31. The molecule has 0 amide bonds. The van der Waals surface area contributed by atoms with Crippen LogP contribution in [0.4, 0.5) is 0 Å². The van der Waals surface area contributed by atoms with Gasteiger partial charge in [0.2, 0.25) is 0 Å². The highest BCUT2D eigenvalue weighted by atomic mass is 32.2. The third kappa shape index (κ3) is 2.84. The van der Waals surface area contributed by atoms with E-state index in [1.54, 1.807) is 11.8 Å². The normalized spacial score (nSPS) is 10.3. The number of hydrogen-bond donors (Lipinski definition) is 1. The van der Waals surface area contributed by atoms with Gasteiger partial charge in [0.05, 0.1) is 0 Å². The Morgan fingerprint density at radius 1 is 1.06 bits per heavy atom. The molecule has 0 atom stereocenters. The lowest BCUT2D eigenvalue weighted by Gasteiger charge is -2.06. The zero-order valence-electron chi connectivity index (χ0n) is 8.97. The average molecular weight is 230 g/mol. The number of nitrogens with zero attached hydrogens (tertiary/aromatic N) is 1. The van der Waals surface area contributed by atoms with Gasteiger partial charge in [0.25, 0.3) is 0 Å². The molecule has 0 fully saturated rings. The Morgan fingerprint density at radius 3 is 2.62 bits per heavy atom. The van der Waals surface area contributed by atoms with Crippen LogP contribution < -0.4 is 5.73 Å². The molecule has 0 aliphatic carbocycles. The number of nitrogens with two attached hydrogens (primary N) is 1. The van der Waals surface area contributed by atoms with Crippen molar-refractivity contribution in [2.75, 3.05) is 6.54 Å². The molecule has 0 spiro atoms. The summed E-state index contributed by atoms with van der Waals surface area (Å²) in [6.45, 7) is 0.680. The minimum atomic E-state index is 0.680. The van der Waals surface area contributed by atoms with Crippen LogP contribution in [-0.2, 0) is 6.42 Å². The zero-order chi connectivity index (χ0) is 11.2. The Morgan fingerprint density at radius 2 is 1.88 bits per heavy atom. The van der Waals surface area contributed by atoms with Gasteiger partial charge in [-0.25, -0.2) is 4.98 Å². The van der Waals surface area contributed by atoms with Crippen molar-refractivity contribution in [1.82, 2.24) is 4.98 Å². The molecule has 3 heteroatoms. The Hall–Kier alpha value is -1.32. The minimum absolute atomic E-state index is 0.680. The molecule has 0 saturated heterocycles. The van der Waals surface area contributed by atoms with Crippen LogP contribution in [0.1, 0.15) is 5.56 Å². The second-order valence-corrected chi connectivity index (χ2v) is 4.48. The summed E-state index contributed by atoms with van der Waals surface area (Å²) in [7, 11) is 0. The predicted octanol–water partition coefficient (Wildman–Crippen LogP) is 2.73. The quantitative estimate of drug-likeness (QED) is 0.877. The first kappa shape index (κ1) is 11.2. The first-order chi connectivity index (χ1) is 7.90. The van der Waals surface area contributed by atoms with Crippen molar-refractivity contribution in [1.29, 1.82) is 0 Å². The van der Waals surface area contributed by atoms with E-state index in [1.807, 2.05) is 36.5 Å². The summed E-state index contributed by atoms with van der Waals surface area (Å²) in [5, 5.41) is 1.02. The second-order valence-electron chi connectivity index (χ2n) is 3.42. The summed E-state index contributed by atoms with van der Waals surface area (Å²) >= 11 is 1.69. The largest absolute Gasteiger partial charge is 0.330 e. The first-order valence-electron chi connectivity index (χ1n) is 5.27. The second kappa shape index (κ2) is 5.68. The summed E-state index contributed by atoms with van der Waals surface area (Å²) in [4.78, 5) is 5.55. The van der Waals surface area contributed by atoms with Gasteiger partial charge in [0.15, 0.2) is 0 Å². The molecule has 0 unspecified atom stereocenters. The van der Waals surface area contributed by atoms with Gasteiger partial charge in [0.1, 0.15) is 5.03 Å². The molecule has 0 saturated carbocycles. The number of hydrogen-bond acceptors (Lipinski definition) is 3. The van der Waals surface area contributed by atoms with E-state index in [9.17, 15) is 0 Å². The maximum atomic E-state index is 5.60. The lowest BCUT2D eigenvalue weighted by molar-refractivity contribution is 0.943. The first-order valence-corrected chi connectivity index (χ1v) is 6.08. The van der Waals surface area contributed by atoms with E-state index in [0.717, 1.165) is 11.4 Å². The Labute approximate surface area is 99.9 Å². The van der Waals surface area contributed by atoms with Crippen LogP contribution in [0.15, 0.2) is 58.6 Å². The van der Waals surface area contributed by atoms with Crippen molar-refractivity contribution in [2.24, 2.45) is 5.73 Å². The van der Waals surface area contributed by atoms with Crippen LogP contribution in [0.5, 0.6) is 0 Å². The van der Waals surface area contributed by atoms with Gasteiger partial charge in [-0.1, -0.05) is 36.0 Å². The smallest absolute Gasteiger partial charge is 0.101 e. The molecule has 1 aromatic carbocycles. The average Bonchev–Trinajstić information content (AvgIpc) is 2.33. The lowest BCUT2D eigenvalue weighted by atomic mass is 10.1. The maximum absolute atomic E-state index is 5.60. The molecular formula is C13H14N2S. The number of aromatic nitrogens is 1. The van der Waals surface area contributed by atoms with Crippen LogP contribution in [0.2, 0.25) is 0 Å². The molecule has 0 aliphatic heterocycles. The van der Waals surface area contributed by atoms with Crippen LogP contribution >= 0.6 is 11.8 Å². The molecule has 2 rings (SSSR count). The highest BCUT2D eigenvalue weighted by Gasteiger charge is 2.03. The van der Waals surface area contributed by atoms with Crippen LogP contribution in [0.3, 0.4) is 0 Å². The molecule has 2 nitrogen and oxygen atoms in total. The monoisotopic (exact) mass is 230 g/mol. The van der Waals surface area contributed by atoms with E-state index < -0.39 is 0 Å². The fourth-order valence-electron chi connectivity index (χ4n) is 1.49. The maximum Gasteiger partial charge on any atom is 0.101 e. The Kier molecular flexibility index (Phi) is 3.97. The highest BCUT2D eigenvalue weighted by molar-refractivity contribution is 7.99. The summed E-state index contributed by atoms with van der Waals surface area (Å²) in [6, 6.07) is 14.3. The minimum Gasteiger partial charge on any atom is -0.330 e. The lowest BCUT2D eigenvalue weighted by Crippen LogP contribution is -2.03. The standard InChI is InChI=1S/C13H14N2S/c14-9-8-11-5-1-2-6-12(11)16-13-7-3-4-10-15-13/h1-7,10H,8-9,14H2. The topological polar surface area (TPSA) is 38.9 Å². The SMILES string of the molecule is NCCc1ccccc1Sc1ccccn1. The van der Waals surface area contributed by atoms with Crippen molar-refractivity contribution >= 4 is 11.8 Å². The van der Waals surface area contributed by atoms with Gasteiger partial charge in [-0.2, -0.15) is 0 Å². The van der Waals surface area contributed by atoms with Crippen molar-refractivity contribution in [2.45, 2.75) is 16.3 Å². The molecule has 0 aliphatic rings. The predicted molar refractivity (Wildman–Crippen MR) is 67.6 cm³/mol. The van der Waals surface area contributed by atoms with Crippen molar-refractivity contribution in [3.63, 3.8) is 0 Å². The van der Waals surface area contributed by atoms with Crippen LogP contribution in [-0.4, -0.2) is 11.5 Å². The molecular weight excluding hydrogens is 216 g/mol. The van der Waals surface area contributed by atoms with Crippen molar-refractivity contribution in [3.05, 3.63) is 54.2 Å². The van der Waals surface area contributed by atoms with E-state index >= 15 is 0 Å². The fourth-order valence-corrected chi connectivity index (χ4v) is 2.42. The van der Waals surface area contributed by atoms with Gasteiger partial charge in [-0.15, -0.1) is 0 Å². The Balaban J connectivity index is 2.21. The van der Waals surface area contributed by atoms with Gasteiger partial charge < -0.3 is 5.73 Å². The fraction of sp³-hybridized carbons (Fsp3) is 0.154. The molecule has 82 valence electrons. The van der Waals surface area contributed by atoms with Crippen LogP contribution in [0, 0.1) is 0 Å². The summed E-state index contributed by atoms with van der Waals surface area (Å²) in [5.41, 5.74) is 6.89. The van der Waals surface area contributed by atoms with Gasteiger partial charge in [-0.3, -0.25) is 0 Å². The van der Waals surface area contributed by atoms with Crippen molar-refractivity contribution in [3.8, 4) is 0 Å². The third-order valence-electron chi connectivity index (χ3n) is 2.24. The van der Waals surface area contributed by atoms with E-state index in [0.29, 0.717) is 6.54 Å². The summed E-state index contributed by atoms with van der Waals surface area (Å²) in [6.07, 6.45) is 2.73. The van der Waals surface area contributed by atoms with Gasteiger partial charge in [-0.05, 0) is 36.7 Å². The number of benzene rings is 1. The van der Waals surface area contributed by atoms with Crippen LogP contribution in [0.25, 0.3) is 0 Å². The molecule has 2 aromatic rings. The van der Waals surface area contributed by atoms with E-state index in [-0.39, 0.29) is 0 Å². The van der Waals surface area contributed by atoms with E-state index in [4.69, 9.17) is 5.73 Å². The molecule has 2 N–H and O–H groups in total. The van der Waals surface area contributed by atoms with Gasteiger partial charge >= 0.3 is 0 Å². The number of rotatable bonds is 4. The molecule has 1 aromatic heterocycles. The van der Waals surface area contributed by atoms with Crippen molar-refractivity contribution < 1.29 is 0 Å². The summed E-state index contributed by atoms with van der Waals surface area (Å²) in [5.74, 6) is 0. The molecule has 0 radical (unpaired) electrons. The van der Waals surface area contributed by atoms with Gasteiger partial charge in [0, 0.05) is 11.1 Å². The summed E-state index contributed by atoms with van der Waals surface area (Å²) < 4.78 is 0. The van der Waals surface area contributed by atoms with E-state index in [2.05, 4.69) is 17.1 Å².